The Balaban J connectivity index is 0.00000139. The Morgan fingerprint density at radius 2 is 1.89 bits per heavy atom. The van der Waals surface area contributed by atoms with Gasteiger partial charge in [0, 0.05) is 37.3 Å². The molecular formula is C35H41N7O5. The lowest BCUT2D eigenvalue weighted by Gasteiger charge is -2.43. The van der Waals surface area contributed by atoms with E-state index in [9.17, 15) is 14.9 Å². The maximum atomic E-state index is 12.2. The number of benzene rings is 2. The standard InChI is InChI=1S/C34H39N7O3.CH2O2/c1-39-16-5-8-26(39)22-44-34-37-30-20-24(28-10-4-7-23-6-2-3-9-27(23)28)11-12-29(30)33(38-34)40-17-18-41(25(21-40)13-15-35)31(14-19-42)32(36)43;2-1-3/h2-4,6-7,9-10,14,19,24-26H,5,8,11-13,16-18,20-22H2,1H3,(H2,36,43);1H,(H,2,3)/t24-,25-,26-;/m0./s1. The molecule has 47 heavy (non-hydrogen) atoms. The van der Waals surface area contributed by atoms with E-state index in [0.717, 1.165) is 55.7 Å². The number of carboxylic acid groups (broad SMARTS) is 1. The smallest absolute Gasteiger partial charge is 0.318 e. The molecule has 3 aliphatic rings. The number of rotatable bonds is 9. The highest BCUT2D eigenvalue weighted by Crippen LogP contribution is 2.39. The van der Waals surface area contributed by atoms with Crippen LogP contribution in [0, 0.1) is 11.3 Å². The summed E-state index contributed by atoms with van der Waals surface area (Å²) in [6.45, 7) is 2.78. The number of primary amides is 1. The van der Waals surface area contributed by atoms with Gasteiger partial charge < -0.3 is 30.3 Å². The number of ether oxygens (including phenoxy) is 1. The first-order chi connectivity index (χ1) is 22.9. The van der Waals surface area contributed by atoms with E-state index in [4.69, 9.17) is 30.3 Å². The number of piperazine rings is 1. The summed E-state index contributed by atoms with van der Waals surface area (Å²) in [6, 6.07) is 17.7. The normalized spacial score (nSPS) is 21.3. The van der Waals surface area contributed by atoms with Gasteiger partial charge in [0.15, 0.2) is 0 Å². The zero-order chi connectivity index (χ0) is 33.3. The van der Waals surface area contributed by atoms with Crippen LogP contribution in [-0.4, -0.2) is 95.5 Å². The van der Waals surface area contributed by atoms with Crippen LogP contribution >= 0.6 is 0 Å². The summed E-state index contributed by atoms with van der Waals surface area (Å²) < 4.78 is 6.30. The van der Waals surface area contributed by atoms with E-state index in [1.165, 1.54) is 22.4 Å². The molecule has 0 saturated carbocycles. The van der Waals surface area contributed by atoms with Crippen molar-refractivity contribution in [2.45, 2.75) is 56.5 Å². The molecule has 2 aromatic carbocycles. The first kappa shape index (κ1) is 33.3. The summed E-state index contributed by atoms with van der Waals surface area (Å²) in [5.41, 5.74) is 9.21. The fraction of sp³-hybridized carbons (Fsp3) is 0.429. The van der Waals surface area contributed by atoms with Gasteiger partial charge in [0.1, 0.15) is 24.4 Å². The minimum absolute atomic E-state index is 0.132. The molecule has 1 amide bonds. The second kappa shape index (κ2) is 15.5. The number of carbonyl (C=O) groups excluding carboxylic acids is 2. The van der Waals surface area contributed by atoms with Gasteiger partial charge in [-0.15, -0.1) is 0 Å². The van der Waals surface area contributed by atoms with Gasteiger partial charge in [0.25, 0.3) is 12.4 Å². The third kappa shape index (κ3) is 7.52. The summed E-state index contributed by atoms with van der Waals surface area (Å²) >= 11 is 0. The van der Waals surface area contributed by atoms with Gasteiger partial charge in [0.05, 0.1) is 24.2 Å². The summed E-state index contributed by atoms with van der Waals surface area (Å²) in [4.78, 5) is 48.1. The highest BCUT2D eigenvalue weighted by Gasteiger charge is 2.34. The number of hydrogen-bond acceptors (Lipinski definition) is 10. The Morgan fingerprint density at radius 1 is 1.11 bits per heavy atom. The molecule has 3 heterocycles. The number of nitrogens with two attached hydrogens (primary N) is 1. The fourth-order valence-electron chi connectivity index (χ4n) is 7.16. The van der Waals surface area contributed by atoms with Crippen molar-refractivity contribution >= 4 is 35.3 Å². The minimum Gasteiger partial charge on any atom is -0.483 e. The number of likely N-dealkylation sites (tertiary alicyclic amines) is 1. The molecule has 0 spiro atoms. The average Bonchev–Trinajstić information content (AvgIpc) is 3.50. The number of carbonyl (C=O) groups is 3. The number of aromatic nitrogens is 2. The molecule has 3 aromatic rings. The molecule has 0 bridgehead atoms. The highest BCUT2D eigenvalue weighted by atomic mass is 16.5. The largest absolute Gasteiger partial charge is 0.483 e. The van der Waals surface area contributed by atoms with Crippen molar-refractivity contribution in [3.05, 3.63) is 71.1 Å². The van der Waals surface area contributed by atoms with Crippen LogP contribution in [0.25, 0.3) is 10.8 Å². The van der Waals surface area contributed by atoms with Crippen molar-refractivity contribution in [3.63, 3.8) is 0 Å². The van der Waals surface area contributed by atoms with Crippen LogP contribution in [0.1, 0.15) is 48.4 Å². The van der Waals surface area contributed by atoms with Crippen molar-refractivity contribution in [2.75, 3.05) is 44.7 Å². The predicted octanol–water partition coefficient (Wildman–Crippen LogP) is 3.05. The van der Waals surface area contributed by atoms with Gasteiger partial charge >= 0.3 is 6.01 Å². The maximum absolute atomic E-state index is 12.2. The fourth-order valence-corrected chi connectivity index (χ4v) is 7.16. The molecule has 246 valence electrons. The number of hydrogen-bond donors (Lipinski definition) is 2. The lowest BCUT2D eigenvalue weighted by molar-refractivity contribution is -0.123. The van der Waals surface area contributed by atoms with Crippen molar-refractivity contribution in [1.29, 1.82) is 5.26 Å². The molecule has 0 radical (unpaired) electrons. The molecule has 0 unspecified atom stereocenters. The summed E-state index contributed by atoms with van der Waals surface area (Å²) in [6.07, 6.45) is 6.76. The Morgan fingerprint density at radius 3 is 2.62 bits per heavy atom. The van der Waals surface area contributed by atoms with Gasteiger partial charge in [-0.05, 0) is 68.0 Å². The topological polar surface area (TPSA) is 166 Å². The first-order valence-electron chi connectivity index (χ1n) is 16.0. The first-order valence-corrected chi connectivity index (χ1v) is 16.0. The zero-order valence-corrected chi connectivity index (χ0v) is 26.6. The van der Waals surface area contributed by atoms with E-state index < -0.39 is 5.91 Å². The van der Waals surface area contributed by atoms with Crippen LogP contribution in [0.3, 0.4) is 0 Å². The van der Waals surface area contributed by atoms with E-state index in [1.54, 1.807) is 4.90 Å². The minimum atomic E-state index is -0.681. The Labute approximate surface area is 274 Å². The monoisotopic (exact) mass is 639 g/mol. The van der Waals surface area contributed by atoms with Crippen LogP contribution in [0.4, 0.5) is 5.82 Å². The maximum Gasteiger partial charge on any atom is 0.318 e. The van der Waals surface area contributed by atoms with Crippen LogP contribution in [0.15, 0.2) is 54.2 Å². The average molecular weight is 640 g/mol. The molecule has 2 aliphatic heterocycles. The van der Waals surface area contributed by atoms with Gasteiger partial charge in [-0.25, -0.2) is 0 Å². The number of amides is 1. The summed E-state index contributed by atoms with van der Waals surface area (Å²) in [5.74, 6) is 0.476. The number of fused-ring (bicyclic) bond motifs is 2. The third-order valence-corrected chi connectivity index (χ3v) is 9.47. The second-order valence-corrected chi connectivity index (χ2v) is 12.2. The van der Waals surface area contributed by atoms with Crippen LogP contribution < -0.4 is 15.4 Å². The highest BCUT2D eigenvalue weighted by molar-refractivity contribution is 5.95. The molecule has 6 rings (SSSR count). The SMILES string of the molecule is CN1CCC[C@H]1COc1nc2c(c(N3CCN(C(=CC=O)C(N)=O)[C@@H](CC#N)C3)n1)CC[C@H](c1cccc3ccccc13)C2.O=CO. The summed E-state index contributed by atoms with van der Waals surface area (Å²) in [7, 11) is 2.13. The molecule has 3 N–H and O–H groups in total. The van der Waals surface area contributed by atoms with Crippen molar-refractivity contribution < 1.29 is 24.2 Å². The molecular weight excluding hydrogens is 598 g/mol. The number of likely N-dealkylation sites (N-methyl/N-ethyl adjacent to an activating group) is 1. The molecule has 2 saturated heterocycles. The van der Waals surface area contributed by atoms with Crippen molar-refractivity contribution in [1.82, 2.24) is 19.8 Å². The lowest BCUT2D eigenvalue weighted by Crippen LogP contribution is -2.54. The van der Waals surface area contributed by atoms with Crippen molar-refractivity contribution in [3.8, 4) is 12.1 Å². The number of nitrogens with zero attached hydrogens (tertiary/aromatic N) is 6. The van der Waals surface area contributed by atoms with Crippen molar-refractivity contribution in [2.24, 2.45) is 5.73 Å². The van der Waals surface area contributed by atoms with Crippen LogP contribution in [-0.2, 0) is 27.2 Å². The third-order valence-electron chi connectivity index (χ3n) is 9.47. The molecule has 3 atom stereocenters. The molecule has 1 aliphatic carbocycles. The van der Waals surface area contributed by atoms with E-state index in [0.29, 0.717) is 50.5 Å². The van der Waals surface area contributed by atoms with E-state index >= 15 is 0 Å². The Bertz CT molecular complexity index is 1670. The number of nitriles is 1. The second-order valence-electron chi connectivity index (χ2n) is 12.2. The van der Waals surface area contributed by atoms with E-state index in [-0.39, 0.29) is 24.6 Å². The lowest BCUT2D eigenvalue weighted by atomic mass is 9.80. The molecule has 12 nitrogen and oxygen atoms in total. The number of allylic oxidation sites excluding steroid dienone is 1. The molecule has 1 aromatic heterocycles. The quantitative estimate of drug-likeness (QED) is 0.261. The number of anilines is 1. The Hall–Kier alpha value is -5.02. The zero-order valence-electron chi connectivity index (χ0n) is 26.6. The van der Waals surface area contributed by atoms with Gasteiger partial charge in [-0.2, -0.15) is 15.2 Å². The molecule has 2 fully saturated rings. The van der Waals surface area contributed by atoms with E-state index in [2.05, 4.69) is 65.4 Å². The van der Waals surface area contributed by atoms with Gasteiger partial charge in [-0.3, -0.25) is 14.4 Å². The van der Waals surface area contributed by atoms with Gasteiger partial charge in [-0.1, -0.05) is 42.5 Å². The molecule has 12 heteroatoms. The Kier molecular flexibility index (Phi) is 11.0. The predicted molar refractivity (Wildman–Crippen MR) is 177 cm³/mol. The van der Waals surface area contributed by atoms with Gasteiger partial charge in [0.2, 0.25) is 0 Å². The van der Waals surface area contributed by atoms with E-state index in [1.807, 2.05) is 0 Å². The van der Waals surface area contributed by atoms with Crippen LogP contribution in [0.5, 0.6) is 6.01 Å². The number of aldehydes is 1. The van der Waals surface area contributed by atoms with Crippen LogP contribution in [0.2, 0.25) is 0 Å². The summed E-state index contributed by atoms with van der Waals surface area (Å²) in [5, 5.41) is 19.0.